The number of ether oxygens (including phenoxy) is 4. The Kier molecular flexibility index (Phi) is 9.27. The van der Waals surface area contributed by atoms with Crippen LogP contribution in [-0.2, 0) is 9.59 Å². The lowest BCUT2D eigenvalue weighted by atomic mass is 10.2. The number of nitrogens with zero attached hydrogens (tertiary/aromatic N) is 2. The second-order valence-corrected chi connectivity index (χ2v) is 6.78. The van der Waals surface area contributed by atoms with Crippen molar-refractivity contribution in [3.63, 3.8) is 0 Å². The zero-order valence-electron chi connectivity index (χ0n) is 18.6. The summed E-state index contributed by atoms with van der Waals surface area (Å²) in [6, 6.07) is 6.66. The fraction of sp³-hybridized carbons (Fsp3) is 0.364. The van der Waals surface area contributed by atoms with Crippen LogP contribution in [0.3, 0.4) is 0 Å². The molecule has 172 valence electrons. The van der Waals surface area contributed by atoms with Crippen LogP contribution in [0.1, 0.15) is 20.8 Å². The molecule has 0 saturated heterocycles. The lowest BCUT2D eigenvalue weighted by Gasteiger charge is -2.15. The predicted molar refractivity (Wildman–Crippen MR) is 121 cm³/mol. The molecule has 0 aliphatic carbocycles. The Bertz CT molecular complexity index is 996. The molecule has 0 aliphatic rings. The van der Waals surface area contributed by atoms with E-state index in [0.717, 1.165) is 0 Å². The van der Waals surface area contributed by atoms with Crippen molar-refractivity contribution in [3.05, 3.63) is 35.4 Å². The molecule has 1 unspecified atom stereocenters. The smallest absolute Gasteiger partial charge is 0.258 e. The van der Waals surface area contributed by atoms with Gasteiger partial charge in [0.15, 0.2) is 5.78 Å². The third-order valence-corrected chi connectivity index (χ3v) is 4.57. The number of amides is 1. The van der Waals surface area contributed by atoms with Gasteiger partial charge < -0.3 is 24.3 Å². The first-order chi connectivity index (χ1) is 15.3. The quantitative estimate of drug-likeness (QED) is 0.377. The molecule has 2 aromatic carbocycles. The number of ketones is 1. The number of Topliss-reactive ketones (excluding diaryl/α,β-unsaturated/α-hetero) is 1. The van der Waals surface area contributed by atoms with Crippen molar-refractivity contribution in [3.8, 4) is 23.0 Å². The first-order valence-corrected chi connectivity index (χ1v) is 10.3. The summed E-state index contributed by atoms with van der Waals surface area (Å²) in [5, 5.41) is 10.8. The van der Waals surface area contributed by atoms with Crippen molar-refractivity contribution in [1.82, 2.24) is 0 Å². The van der Waals surface area contributed by atoms with Crippen molar-refractivity contribution >= 4 is 34.7 Å². The standard InChI is InChI=1S/C22H26ClN3O6/c1-6-31-15-10-17(20(23)19(12-15)32-7-2)24-22(28)21(13(3)27)26-25-16-9-8-14(29-4)11-18(16)30-5/h8-12,21H,6-7H2,1-5H3,(H,24,28). The fourth-order valence-electron chi connectivity index (χ4n) is 2.68. The molecular formula is C22H26ClN3O6. The van der Waals surface area contributed by atoms with Crippen LogP contribution in [0.25, 0.3) is 0 Å². The molecule has 0 saturated carbocycles. The van der Waals surface area contributed by atoms with E-state index in [2.05, 4.69) is 15.5 Å². The van der Waals surface area contributed by atoms with Gasteiger partial charge in [0.05, 0.1) is 33.1 Å². The average Bonchev–Trinajstić information content (AvgIpc) is 2.77. The molecule has 32 heavy (non-hydrogen) atoms. The number of hydrogen-bond donors (Lipinski definition) is 1. The molecule has 0 heterocycles. The topological polar surface area (TPSA) is 108 Å². The molecule has 0 bridgehead atoms. The minimum absolute atomic E-state index is 0.180. The second kappa shape index (κ2) is 11.9. The Morgan fingerprint density at radius 2 is 1.69 bits per heavy atom. The van der Waals surface area contributed by atoms with E-state index in [-0.39, 0.29) is 10.7 Å². The summed E-state index contributed by atoms with van der Waals surface area (Å²) in [6.07, 6.45) is 0. The van der Waals surface area contributed by atoms with Crippen molar-refractivity contribution in [1.29, 1.82) is 0 Å². The van der Waals surface area contributed by atoms with Gasteiger partial charge >= 0.3 is 0 Å². The van der Waals surface area contributed by atoms with E-state index in [1.807, 2.05) is 13.8 Å². The highest BCUT2D eigenvalue weighted by Gasteiger charge is 2.25. The molecule has 0 fully saturated rings. The lowest BCUT2D eigenvalue weighted by molar-refractivity contribution is -0.126. The molecule has 1 atom stereocenters. The minimum atomic E-state index is -1.40. The lowest BCUT2D eigenvalue weighted by Crippen LogP contribution is -2.32. The van der Waals surface area contributed by atoms with Crippen molar-refractivity contribution in [2.24, 2.45) is 10.2 Å². The summed E-state index contributed by atoms with van der Waals surface area (Å²) in [5.74, 6) is 0.548. The highest BCUT2D eigenvalue weighted by atomic mass is 35.5. The second-order valence-electron chi connectivity index (χ2n) is 6.40. The Hall–Kier alpha value is -3.33. The van der Waals surface area contributed by atoms with Gasteiger partial charge in [0.1, 0.15) is 33.7 Å². The normalized spacial score (nSPS) is 11.7. The first kappa shape index (κ1) is 24.9. The molecule has 0 aromatic heterocycles. The van der Waals surface area contributed by atoms with E-state index in [9.17, 15) is 9.59 Å². The van der Waals surface area contributed by atoms with E-state index >= 15 is 0 Å². The highest BCUT2D eigenvalue weighted by Crippen LogP contribution is 2.37. The van der Waals surface area contributed by atoms with Crippen molar-refractivity contribution in [2.45, 2.75) is 26.8 Å². The Morgan fingerprint density at radius 1 is 1.00 bits per heavy atom. The molecule has 1 N–H and O–H groups in total. The van der Waals surface area contributed by atoms with Crippen molar-refractivity contribution in [2.75, 3.05) is 32.8 Å². The molecule has 10 heteroatoms. The maximum Gasteiger partial charge on any atom is 0.258 e. The number of anilines is 1. The number of carbonyl (C=O) groups excluding carboxylic acids is 2. The summed E-state index contributed by atoms with van der Waals surface area (Å²) >= 11 is 6.37. The van der Waals surface area contributed by atoms with E-state index in [1.165, 1.54) is 21.1 Å². The number of hydrogen-bond acceptors (Lipinski definition) is 8. The zero-order valence-corrected chi connectivity index (χ0v) is 19.4. The number of rotatable bonds is 11. The molecular weight excluding hydrogens is 438 g/mol. The third-order valence-electron chi connectivity index (χ3n) is 4.18. The Morgan fingerprint density at radius 3 is 2.28 bits per heavy atom. The number of nitrogens with one attached hydrogen (secondary N) is 1. The predicted octanol–water partition coefficient (Wildman–Crippen LogP) is 4.83. The first-order valence-electron chi connectivity index (χ1n) is 9.87. The van der Waals surface area contributed by atoms with E-state index in [0.29, 0.717) is 41.9 Å². The maximum atomic E-state index is 12.8. The number of methoxy groups -OCH3 is 2. The maximum absolute atomic E-state index is 12.8. The molecule has 0 spiro atoms. The Labute approximate surface area is 191 Å². The van der Waals surface area contributed by atoms with Gasteiger partial charge in [-0.3, -0.25) is 9.59 Å². The average molecular weight is 464 g/mol. The van der Waals surface area contributed by atoms with Gasteiger partial charge in [-0.25, -0.2) is 0 Å². The summed E-state index contributed by atoms with van der Waals surface area (Å²) in [4.78, 5) is 25.0. The van der Waals surface area contributed by atoms with Crippen LogP contribution in [0.5, 0.6) is 23.0 Å². The largest absolute Gasteiger partial charge is 0.497 e. The number of azo groups is 1. The van der Waals surface area contributed by atoms with Crippen LogP contribution in [0.4, 0.5) is 11.4 Å². The number of halogens is 1. The van der Waals surface area contributed by atoms with Gasteiger partial charge in [0.25, 0.3) is 5.91 Å². The van der Waals surface area contributed by atoms with Crippen LogP contribution in [0.15, 0.2) is 40.6 Å². The van der Waals surface area contributed by atoms with Crippen LogP contribution >= 0.6 is 11.6 Å². The van der Waals surface area contributed by atoms with E-state index < -0.39 is 17.7 Å². The van der Waals surface area contributed by atoms with Gasteiger partial charge in [0.2, 0.25) is 6.04 Å². The van der Waals surface area contributed by atoms with Crippen LogP contribution < -0.4 is 24.3 Å². The molecule has 2 rings (SSSR count). The minimum Gasteiger partial charge on any atom is -0.497 e. The zero-order chi connectivity index (χ0) is 23.7. The fourth-order valence-corrected chi connectivity index (χ4v) is 2.89. The third kappa shape index (κ3) is 6.34. The molecule has 2 aromatic rings. The van der Waals surface area contributed by atoms with Crippen LogP contribution in [0.2, 0.25) is 5.02 Å². The van der Waals surface area contributed by atoms with Gasteiger partial charge in [-0.15, -0.1) is 0 Å². The Balaban J connectivity index is 2.32. The van der Waals surface area contributed by atoms with E-state index in [4.69, 9.17) is 30.5 Å². The molecule has 0 aliphatic heterocycles. The summed E-state index contributed by atoms with van der Waals surface area (Å²) in [5.41, 5.74) is 0.567. The van der Waals surface area contributed by atoms with Crippen molar-refractivity contribution < 1.29 is 28.5 Å². The van der Waals surface area contributed by atoms with Gasteiger partial charge in [-0.05, 0) is 32.9 Å². The van der Waals surface area contributed by atoms with Crippen LogP contribution in [-0.4, -0.2) is 45.2 Å². The molecule has 9 nitrogen and oxygen atoms in total. The van der Waals surface area contributed by atoms with Crippen LogP contribution in [0, 0.1) is 0 Å². The monoisotopic (exact) mass is 463 g/mol. The summed E-state index contributed by atoms with van der Waals surface area (Å²) < 4.78 is 21.4. The molecule has 1 amide bonds. The number of carbonyl (C=O) groups is 2. The number of benzene rings is 2. The molecule has 0 radical (unpaired) electrons. The highest BCUT2D eigenvalue weighted by molar-refractivity contribution is 6.35. The van der Waals surface area contributed by atoms with E-state index in [1.54, 1.807) is 30.3 Å². The SMILES string of the molecule is CCOc1cc(NC(=O)C(N=Nc2ccc(OC)cc2OC)C(C)=O)c(Cl)c(OCC)c1. The van der Waals surface area contributed by atoms with Gasteiger partial charge in [0, 0.05) is 18.2 Å². The van der Waals surface area contributed by atoms with Gasteiger partial charge in [-0.2, -0.15) is 10.2 Å². The summed E-state index contributed by atoms with van der Waals surface area (Å²) in [6.45, 7) is 5.66. The summed E-state index contributed by atoms with van der Waals surface area (Å²) in [7, 11) is 2.99. The van der Waals surface area contributed by atoms with Gasteiger partial charge in [-0.1, -0.05) is 11.6 Å².